The molecule has 6 heteroatoms. The van der Waals surface area contributed by atoms with E-state index in [9.17, 15) is 4.39 Å². The van der Waals surface area contributed by atoms with E-state index in [1.807, 2.05) is 24.3 Å². The number of nitrogens with two attached hydrogens (primary N) is 1. The molecular formula is C15H9BrClFN2O. The van der Waals surface area contributed by atoms with Gasteiger partial charge in [-0.05, 0) is 18.2 Å². The number of aromatic nitrogens is 1. The van der Waals surface area contributed by atoms with E-state index >= 15 is 0 Å². The maximum absolute atomic E-state index is 14.3. The fourth-order valence-corrected chi connectivity index (χ4v) is 2.67. The Morgan fingerprint density at radius 2 is 1.95 bits per heavy atom. The molecule has 0 atom stereocenters. The van der Waals surface area contributed by atoms with E-state index in [4.69, 9.17) is 21.9 Å². The van der Waals surface area contributed by atoms with Gasteiger partial charge in [0.1, 0.15) is 11.5 Å². The number of hydrogen-bond acceptors (Lipinski definition) is 3. The van der Waals surface area contributed by atoms with E-state index < -0.39 is 5.82 Å². The average molecular weight is 368 g/mol. The molecule has 0 bridgehead atoms. The van der Waals surface area contributed by atoms with Gasteiger partial charge >= 0.3 is 0 Å². The van der Waals surface area contributed by atoms with Crippen LogP contribution in [0.25, 0.3) is 22.4 Å². The Balaban J connectivity index is 2.25. The van der Waals surface area contributed by atoms with Crippen molar-refractivity contribution in [2.75, 3.05) is 5.73 Å². The van der Waals surface area contributed by atoms with Crippen LogP contribution in [0.1, 0.15) is 0 Å². The Labute approximate surface area is 133 Å². The van der Waals surface area contributed by atoms with Crippen molar-refractivity contribution >= 4 is 33.4 Å². The van der Waals surface area contributed by atoms with E-state index in [2.05, 4.69) is 21.1 Å². The zero-order valence-corrected chi connectivity index (χ0v) is 13.0. The highest BCUT2D eigenvalue weighted by Crippen LogP contribution is 2.39. The Hall–Kier alpha value is -1.85. The molecule has 0 aliphatic rings. The molecule has 3 aromatic rings. The largest absolute Gasteiger partial charge is 0.367 e. The van der Waals surface area contributed by atoms with Crippen LogP contribution in [0.15, 0.2) is 51.5 Å². The topological polar surface area (TPSA) is 52.0 Å². The summed E-state index contributed by atoms with van der Waals surface area (Å²) in [6.45, 7) is 0. The average Bonchev–Trinajstić information content (AvgIpc) is 2.84. The molecule has 0 saturated carbocycles. The monoisotopic (exact) mass is 366 g/mol. The molecule has 3 nitrogen and oxygen atoms in total. The van der Waals surface area contributed by atoms with Gasteiger partial charge < -0.3 is 10.3 Å². The van der Waals surface area contributed by atoms with Crippen LogP contribution >= 0.6 is 27.5 Å². The number of halogens is 3. The maximum Gasteiger partial charge on any atom is 0.230 e. The van der Waals surface area contributed by atoms with Crippen LogP contribution in [0.4, 0.5) is 10.3 Å². The third-order valence-corrected chi connectivity index (χ3v) is 3.82. The van der Waals surface area contributed by atoms with Crippen molar-refractivity contribution in [1.29, 1.82) is 0 Å². The number of benzene rings is 2. The number of hydrogen-bond donors (Lipinski definition) is 1. The Morgan fingerprint density at radius 1 is 1.19 bits per heavy atom. The van der Waals surface area contributed by atoms with Crippen molar-refractivity contribution in [3.63, 3.8) is 0 Å². The molecule has 0 fully saturated rings. The number of nitrogen functional groups attached to an aromatic ring is 1. The normalized spacial score (nSPS) is 10.8. The lowest BCUT2D eigenvalue weighted by Crippen LogP contribution is -1.91. The second-order valence-corrected chi connectivity index (χ2v) is 5.71. The van der Waals surface area contributed by atoms with Gasteiger partial charge in [-0.15, -0.1) is 0 Å². The van der Waals surface area contributed by atoms with E-state index in [0.717, 1.165) is 10.0 Å². The van der Waals surface area contributed by atoms with Crippen LogP contribution in [-0.2, 0) is 0 Å². The van der Waals surface area contributed by atoms with Gasteiger partial charge in [-0.2, -0.15) is 0 Å². The lowest BCUT2D eigenvalue weighted by atomic mass is 10.0. The quantitative estimate of drug-likeness (QED) is 0.682. The summed E-state index contributed by atoms with van der Waals surface area (Å²) >= 11 is 9.22. The molecule has 0 radical (unpaired) electrons. The molecule has 0 aliphatic heterocycles. The first-order chi connectivity index (χ1) is 10.1. The summed E-state index contributed by atoms with van der Waals surface area (Å²) in [4.78, 5) is 0. The third kappa shape index (κ3) is 2.54. The lowest BCUT2D eigenvalue weighted by Gasteiger charge is -2.05. The summed E-state index contributed by atoms with van der Waals surface area (Å²) in [7, 11) is 0. The van der Waals surface area contributed by atoms with Crippen molar-refractivity contribution in [3.05, 3.63) is 57.8 Å². The smallest absolute Gasteiger partial charge is 0.230 e. The fourth-order valence-electron chi connectivity index (χ4n) is 2.09. The van der Waals surface area contributed by atoms with E-state index in [0.29, 0.717) is 11.3 Å². The molecule has 0 aliphatic carbocycles. The van der Waals surface area contributed by atoms with E-state index in [-0.39, 0.29) is 16.5 Å². The van der Waals surface area contributed by atoms with Crippen LogP contribution in [0.3, 0.4) is 0 Å². The number of anilines is 1. The molecule has 0 saturated heterocycles. The molecule has 2 N–H and O–H groups in total. The summed E-state index contributed by atoms with van der Waals surface area (Å²) in [6, 6.07) is 12.1. The zero-order chi connectivity index (χ0) is 15.0. The standard InChI is InChI=1S/C15H9BrClFN2O/c16-9-4-1-3-8(7-9)14-12(15(19)21-20-14)10-5-2-6-11(17)13(10)18/h1-7H,19H2. The summed E-state index contributed by atoms with van der Waals surface area (Å²) < 4.78 is 20.2. The Bertz CT molecular complexity index is 819. The van der Waals surface area contributed by atoms with Gasteiger partial charge in [-0.1, -0.05) is 57.0 Å². The van der Waals surface area contributed by atoms with Gasteiger partial charge in [0.15, 0.2) is 0 Å². The van der Waals surface area contributed by atoms with Gasteiger partial charge in [-0.25, -0.2) is 4.39 Å². The predicted molar refractivity (Wildman–Crippen MR) is 84.5 cm³/mol. The third-order valence-electron chi connectivity index (χ3n) is 3.04. The molecule has 106 valence electrons. The maximum atomic E-state index is 14.3. The second kappa shape index (κ2) is 5.50. The van der Waals surface area contributed by atoms with Gasteiger partial charge in [-0.3, -0.25) is 0 Å². The summed E-state index contributed by atoms with van der Waals surface area (Å²) in [5.74, 6) is -0.503. The van der Waals surface area contributed by atoms with Crippen molar-refractivity contribution in [1.82, 2.24) is 5.16 Å². The first-order valence-electron chi connectivity index (χ1n) is 6.03. The van der Waals surface area contributed by atoms with Crippen LogP contribution in [0.5, 0.6) is 0 Å². The van der Waals surface area contributed by atoms with Crippen LogP contribution in [-0.4, -0.2) is 5.16 Å². The molecule has 0 spiro atoms. The SMILES string of the molecule is Nc1onc(-c2cccc(Br)c2)c1-c1cccc(Cl)c1F. The molecular weight excluding hydrogens is 359 g/mol. The minimum atomic E-state index is -0.551. The minimum Gasteiger partial charge on any atom is -0.367 e. The second-order valence-electron chi connectivity index (χ2n) is 4.38. The molecule has 2 aromatic carbocycles. The van der Waals surface area contributed by atoms with Crippen LogP contribution in [0.2, 0.25) is 5.02 Å². The minimum absolute atomic E-state index is 0.0216. The van der Waals surface area contributed by atoms with E-state index in [1.54, 1.807) is 12.1 Å². The van der Waals surface area contributed by atoms with Crippen molar-refractivity contribution in [3.8, 4) is 22.4 Å². The lowest BCUT2D eigenvalue weighted by molar-refractivity contribution is 0.439. The molecule has 1 heterocycles. The first kappa shape index (κ1) is 14.1. The Morgan fingerprint density at radius 3 is 2.71 bits per heavy atom. The van der Waals surface area contributed by atoms with Crippen molar-refractivity contribution < 1.29 is 8.91 Å². The van der Waals surface area contributed by atoms with E-state index in [1.165, 1.54) is 6.07 Å². The fraction of sp³-hybridized carbons (Fsp3) is 0. The highest BCUT2D eigenvalue weighted by molar-refractivity contribution is 9.10. The molecule has 0 amide bonds. The summed E-state index contributed by atoms with van der Waals surface area (Å²) in [5.41, 5.74) is 7.70. The van der Waals surface area contributed by atoms with Gasteiger partial charge in [0.2, 0.25) is 5.88 Å². The van der Waals surface area contributed by atoms with Crippen molar-refractivity contribution in [2.24, 2.45) is 0 Å². The zero-order valence-electron chi connectivity index (χ0n) is 10.6. The molecule has 21 heavy (non-hydrogen) atoms. The highest BCUT2D eigenvalue weighted by Gasteiger charge is 2.21. The van der Waals surface area contributed by atoms with Gasteiger partial charge in [0, 0.05) is 15.6 Å². The van der Waals surface area contributed by atoms with Crippen LogP contribution < -0.4 is 5.73 Å². The number of nitrogens with zero attached hydrogens (tertiary/aromatic N) is 1. The van der Waals surface area contributed by atoms with Crippen LogP contribution in [0, 0.1) is 5.82 Å². The summed E-state index contributed by atoms with van der Waals surface area (Å²) in [6.07, 6.45) is 0. The van der Waals surface area contributed by atoms with Gasteiger partial charge in [0.25, 0.3) is 0 Å². The summed E-state index contributed by atoms with van der Waals surface area (Å²) in [5, 5.41) is 3.97. The van der Waals surface area contributed by atoms with Gasteiger partial charge in [0.05, 0.1) is 10.6 Å². The number of rotatable bonds is 2. The molecule has 1 aromatic heterocycles. The molecule has 0 unspecified atom stereocenters. The highest BCUT2D eigenvalue weighted by atomic mass is 79.9. The van der Waals surface area contributed by atoms with Crippen molar-refractivity contribution in [2.45, 2.75) is 0 Å². The molecule has 3 rings (SSSR count). The first-order valence-corrected chi connectivity index (χ1v) is 7.20. The predicted octanol–water partition coefficient (Wildman–Crippen LogP) is 5.15. The Kier molecular flexibility index (Phi) is 3.69.